The molecule has 12 nitrogen and oxygen atoms in total. The average Bonchev–Trinajstić information content (AvgIpc) is 4.15. The highest BCUT2D eigenvalue weighted by molar-refractivity contribution is 7.93. The molecule has 2 saturated carbocycles. The van der Waals surface area contributed by atoms with Crippen LogP contribution in [0.5, 0.6) is 0 Å². The summed E-state index contributed by atoms with van der Waals surface area (Å²) in [5, 5.41) is 15.7. The number of aryl methyl sites for hydroxylation is 1. The van der Waals surface area contributed by atoms with E-state index >= 15 is 8.78 Å². The molecule has 4 N–H and O–H groups in total. The number of sulfone groups is 1. The number of carbonyl (C=O) groups is 1. The number of anilines is 1. The third-order valence-corrected chi connectivity index (χ3v) is 16.7. The van der Waals surface area contributed by atoms with Gasteiger partial charge in [0.15, 0.2) is 15.7 Å². The number of rotatable bonds is 19. The van der Waals surface area contributed by atoms with E-state index in [2.05, 4.69) is 20.5 Å². The summed E-state index contributed by atoms with van der Waals surface area (Å²) in [6, 6.07) is 6.47. The smallest absolute Gasteiger partial charge is 0.374 e. The Labute approximate surface area is 378 Å². The highest BCUT2D eigenvalue weighted by atomic mass is 35.5. The van der Waals surface area contributed by atoms with Crippen molar-refractivity contribution in [3.63, 3.8) is 0 Å². The number of halogens is 10. The molecule has 3 atom stereocenters. The summed E-state index contributed by atoms with van der Waals surface area (Å²) in [7, 11) is -7.68. The molecule has 24 heteroatoms. The van der Waals surface area contributed by atoms with Gasteiger partial charge in [-0.25, -0.2) is 34.4 Å². The highest BCUT2D eigenvalue weighted by Crippen LogP contribution is 2.63. The van der Waals surface area contributed by atoms with Crippen LogP contribution in [0, 0.1) is 28.9 Å². The van der Waals surface area contributed by atoms with Gasteiger partial charge < -0.3 is 10.6 Å². The van der Waals surface area contributed by atoms with Gasteiger partial charge in [0.05, 0.1) is 55.7 Å². The molecule has 2 heterocycles. The predicted octanol–water partition coefficient (Wildman–Crippen LogP) is 8.46. The van der Waals surface area contributed by atoms with Crippen LogP contribution < -0.4 is 15.4 Å². The van der Waals surface area contributed by atoms with Crippen LogP contribution in [0.1, 0.15) is 69.4 Å². The van der Waals surface area contributed by atoms with Gasteiger partial charge >= 0.3 is 6.18 Å². The normalized spacial score (nSPS) is 19.0. The summed E-state index contributed by atoms with van der Waals surface area (Å²) in [6.07, 6.45) is -8.13. The van der Waals surface area contributed by atoms with Crippen LogP contribution >= 0.6 is 11.6 Å². The van der Waals surface area contributed by atoms with E-state index in [9.17, 15) is 52.4 Å². The van der Waals surface area contributed by atoms with Crippen molar-refractivity contribution in [2.75, 3.05) is 17.0 Å². The first-order valence-corrected chi connectivity index (χ1v) is 24.2. The van der Waals surface area contributed by atoms with E-state index in [0.717, 1.165) is 16.8 Å². The second-order valence-corrected chi connectivity index (χ2v) is 22.5. The van der Waals surface area contributed by atoms with Crippen molar-refractivity contribution in [2.24, 2.45) is 11.8 Å². The maximum atomic E-state index is 15.4. The maximum absolute atomic E-state index is 15.4. The molecule has 4 aromatic rings. The Hall–Kier alpha value is -4.90. The summed E-state index contributed by atoms with van der Waals surface area (Å²) in [5.41, 5.74) is -4.37. The standard InChI is InChI=1S/C42H43ClF9N7O5S2/c1-4-65(61,62)58-39-34-29(43)10-9-26(36(34)59(57-39)19-31(46)47)25-8-5-23(11-12-40(2,3)66(63,64)24-6-7-24)55-35(25)30(15-20-13-21(44)16-22(45)14-20)56-32(60)18-54-38-33(37(53)42(50,51)52)27-17-28(27)41(38,48)49/h5,8-10,13-14,16,24,27-28,30-31,53-54H,4,6-7,11-12,15,17-19H2,1-3H3,(H,56,60)(H,57,58)/t27?,28-,30+/m1/s1. The van der Waals surface area contributed by atoms with Gasteiger partial charge in [0, 0.05) is 34.4 Å². The number of alkyl halides is 7. The van der Waals surface area contributed by atoms with Crippen LogP contribution in [0.3, 0.4) is 0 Å². The van der Waals surface area contributed by atoms with E-state index in [-0.39, 0.29) is 63.3 Å². The molecule has 0 aliphatic heterocycles. The number of benzene rings is 2. The van der Waals surface area contributed by atoms with Crippen LogP contribution in [0.25, 0.3) is 22.0 Å². The van der Waals surface area contributed by atoms with Crippen LogP contribution in [-0.4, -0.2) is 84.0 Å². The molecule has 0 spiro atoms. The van der Waals surface area contributed by atoms with Gasteiger partial charge in [0.1, 0.15) is 23.9 Å². The lowest BCUT2D eigenvalue weighted by Gasteiger charge is -2.26. The molecule has 2 aromatic carbocycles. The lowest BCUT2D eigenvalue weighted by molar-refractivity contribution is -0.121. The minimum atomic E-state index is -5.29. The molecular weight excluding hydrogens is 953 g/mol. The number of sulfonamides is 1. The van der Waals surface area contributed by atoms with Gasteiger partial charge in [0.2, 0.25) is 15.9 Å². The molecular formula is C42H43ClF9N7O5S2. The van der Waals surface area contributed by atoms with E-state index in [1.54, 1.807) is 13.8 Å². The van der Waals surface area contributed by atoms with Gasteiger partial charge in [-0.15, -0.1) is 0 Å². The molecule has 3 aliphatic rings. The lowest BCUT2D eigenvalue weighted by Crippen LogP contribution is -2.41. The first-order valence-electron chi connectivity index (χ1n) is 20.6. The van der Waals surface area contributed by atoms with E-state index < -0.39 is 132 Å². The largest absolute Gasteiger partial charge is 0.433 e. The zero-order valence-electron chi connectivity index (χ0n) is 35.3. The molecule has 358 valence electrons. The highest BCUT2D eigenvalue weighted by Gasteiger charge is 2.67. The molecule has 2 fully saturated rings. The Morgan fingerprint density at radius 3 is 2.27 bits per heavy atom. The third kappa shape index (κ3) is 9.88. The minimum absolute atomic E-state index is 0.00908. The van der Waals surface area contributed by atoms with E-state index in [4.69, 9.17) is 22.0 Å². The number of fused-ring (bicyclic) bond motifs is 2. The number of amides is 1. The molecule has 0 radical (unpaired) electrons. The second-order valence-electron chi connectivity index (χ2n) is 17.2. The first kappa shape index (κ1) is 49.0. The number of carbonyl (C=O) groups excluding carboxylic acids is 1. The SMILES string of the molecule is CCS(=O)(=O)Nc1nn(CC(F)F)c2c(-c3ccc(CCC(C)(C)S(=O)(=O)C4CC4)nc3[C@H](Cc3cc(F)cc(F)c3)NC(=O)CNC3=C(C(=N)C(F)(F)F)C4C[C@H]4C3(F)F)ccc(Cl)c12. The average molecular weight is 996 g/mol. The van der Waals surface area contributed by atoms with Crippen molar-refractivity contribution in [1.82, 2.24) is 25.4 Å². The summed E-state index contributed by atoms with van der Waals surface area (Å²) < 4.78 is 184. The van der Waals surface area contributed by atoms with Crippen molar-refractivity contribution in [2.45, 2.75) is 100 Å². The minimum Gasteiger partial charge on any atom is -0.374 e. The Morgan fingerprint density at radius 1 is 1.02 bits per heavy atom. The van der Waals surface area contributed by atoms with Gasteiger partial charge in [-0.3, -0.25) is 24.6 Å². The Morgan fingerprint density at radius 2 is 1.67 bits per heavy atom. The number of hydrogen-bond donors (Lipinski definition) is 4. The molecule has 1 unspecified atom stereocenters. The predicted molar refractivity (Wildman–Crippen MR) is 228 cm³/mol. The second kappa shape index (κ2) is 17.6. The molecule has 7 rings (SSSR count). The zero-order valence-corrected chi connectivity index (χ0v) is 37.7. The number of nitrogens with one attached hydrogen (secondary N) is 4. The van der Waals surface area contributed by atoms with E-state index in [1.807, 2.05) is 0 Å². The zero-order chi connectivity index (χ0) is 48.5. The molecule has 1 amide bonds. The van der Waals surface area contributed by atoms with Crippen molar-refractivity contribution in [1.29, 1.82) is 5.41 Å². The van der Waals surface area contributed by atoms with Crippen LogP contribution in [0.2, 0.25) is 5.02 Å². The molecule has 0 bridgehead atoms. The van der Waals surface area contributed by atoms with Gasteiger partial charge in [-0.1, -0.05) is 23.7 Å². The molecule has 0 saturated heterocycles. The van der Waals surface area contributed by atoms with Crippen molar-refractivity contribution in [3.05, 3.63) is 87.3 Å². The fourth-order valence-corrected chi connectivity index (χ4v) is 11.2. The lowest BCUT2D eigenvalue weighted by atomic mass is 9.93. The Kier molecular flexibility index (Phi) is 13.1. The number of hydrogen-bond acceptors (Lipinski definition) is 9. The fraction of sp³-hybridized carbons (Fsp3) is 0.476. The summed E-state index contributed by atoms with van der Waals surface area (Å²) >= 11 is 6.59. The van der Waals surface area contributed by atoms with Gasteiger partial charge in [0.25, 0.3) is 12.3 Å². The molecule has 2 aromatic heterocycles. The monoisotopic (exact) mass is 995 g/mol. The van der Waals surface area contributed by atoms with E-state index in [0.29, 0.717) is 18.9 Å². The van der Waals surface area contributed by atoms with Crippen LogP contribution in [-0.2, 0) is 44.0 Å². The Bertz CT molecular complexity index is 2850. The summed E-state index contributed by atoms with van der Waals surface area (Å²) in [6.45, 7) is 2.24. The quantitative estimate of drug-likeness (QED) is 0.0535. The van der Waals surface area contributed by atoms with Crippen LogP contribution in [0.4, 0.5) is 45.3 Å². The van der Waals surface area contributed by atoms with Crippen molar-refractivity contribution >= 4 is 59.8 Å². The van der Waals surface area contributed by atoms with Crippen LogP contribution in [0.15, 0.2) is 53.7 Å². The number of nitrogens with zero attached hydrogens (tertiary/aromatic N) is 3. The number of aromatic nitrogens is 3. The number of pyridine rings is 1. The third-order valence-electron chi connectivity index (χ3n) is 12.0. The number of allylic oxidation sites excluding steroid dienone is 2. The van der Waals surface area contributed by atoms with Crippen molar-refractivity contribution < 1.29 is 61.1 Å². The Balaban J connectivity index is 1.37. The van der Waals surface area contributed by atoms with Gasteiger partial charge in [-0.05, 0) is 95.0 Å². The maximum Gasteiger partial charge on any atom is 0.433 e. The topological polar surface area (TPSA) is 176 Å². The molecule has 66 heavy (non-hydrogen) atoms. The molecule has 3 aliphatic carbocycles. The van der Waals surface area contributed by atoms with Gasteiger partial charge in [-0.2, -0.15) is 27.1 Å². The fourth-order valence-electron chi connectivity index (χ4n) is 8.34. The summed E-state index contributed by atoms with van der Waals surface area (Å²) in [5.74, 6) is -10.7. The van der Waals surface area contributed by atoms with E-state index in [1.165, 1.54) is 31.2 Å². The summed E-state index contributed by atoms with van der Waals surface area (Å²) in [4.78, 5) is 18.7. The first-order chi connectivity index (χ1) is 30.6. The van der Waals surface area contributed by atoms with Crippen molar-refractivity contribution in [3.8, 4) is 11.1 Å².